The van der Waals surface area contributed by atoms with Crippen LogP contribution in [0.2, 0.25) is 0 Å². The molecule has 0 saturated carbocycles. The van der Waals surface area contributed by atoms with Crippen LogP contribution in [0.1, 0.15) is 28.9 Å². The topological polar surface area (TPSA) is 63.0 Å². The number of fused-ring (bicyclic) bond motifs is 1. The van der Waals surface area contributed by atoms with Crippen molar-refractivity contribution < 1.29 is 0 Å². The molecule has 2 aromatic heterocycles. The van der Waals surface area contributed by atoms with Crippen LogP contribution in [0.15, 0.2) is 64.6 Å². The second kappa shape index (κ2) is 6.13. The molecular formula is C18H16N4OS. The largest absolute Gasteiger partial charge is 0.329 e. The Morgan fingerprint density at radius 2 is 2.00 bits per heavy atom. The number of aromatic amines is 1. The number of hydrogen-bond acceptors (Lipinski definition) is 4. The van der Waals surface area contributed by atoms with E-state index >= 15 is 0 Å². The Morgan fingerprint density at radius 3 is 2.79 bits per heavy atom. The monoisotopic (exact) mass is 336 g/mol. The molecule has 3 aromatic rings. The molecule has 0 aliphatic carbocycles. The van der Waals surface area contributed by atoms with Crippen molar-refractivity contribution in [3.63, 3.8) is 0 Å². The Balaban J connectivity index is 1.77. The van der Waals surface area contributed by atoms with Gasteiger partial charge in [0.1, 0.15) is 0 Å². The summed E-state index contributed by atoms with van der Waals surface area (Å²) in [5.74, 6) is 0.836. The van der Waals surface area contributed by atoms with E-state index in [9.17, 15) is 4.79 Å². The van der Waals surface area contributed by atoms with Gasteiger partial charge in [-0.3, -0.25) is 4.79 Å². The van der Waals surface area contributed by atoms with Crippen LogP contribution in [0.5, 0.6) is 0 Å². The average Bonchev–Trinajstić information content (AvgIpc) is 2.98. The summed E-state index contributed by atoms with van der Waals surface area (Å²) in [6.07, 6.45) is 3.48. The van der Waals surface area contributed by atoms with E-state index in [0.29, 0.717) is 6.54 Å². The normalized spacial score (nSPS) is 16.5. The summed E-state index contributed by atoms with van der Waals surface area (Å²) in [6.45, 7) is 2.63. The molecule has 0 fully saturated rings. The lowest BCUT2D eigenvalue weighted by atomic mass is 10.1. The first-order valence-electron chi connectivity index (χ1n) is 7.71. The van der Waals surface area contributed by atoms with Crippen molar-refractivity contribution in [3.05, 3.63) is 81.9 Å². The summed E-state index contributed by atoms with van der Waals surface area (Å²) in [5, 5.41) is 5.38. The second-order valence-electron chi connectivity index (χ2n) is 5.65. The molecule has 5 nitrogen and oxygen atoms in total. The number of thioether (sulfide) groups is 1. The first-order valence-corrected chi connectivity index (χ1v) is 8.59. The Hall–Kier alpha value is -2.60. The third-order valence-corrected chi connectivity index (χ3v) is 5.16. The predicted octanol–water partition coefficient (Wildman–Crippen LogP) is 3.51. The predicted molar refractivity (Wildman–Crippen MR) is 97.0 cm³/mol. The van der Waals surface area contributed by atoms with Gasteiger partial charge in [-0.15, -0.1) is 0 Å². The van der Waals surface area contributed by atoms with E-state index in [1.165, 1.54) is 5.56 Å². The molecule has 0 bridgehead atoms. The minimum absolute atomic E-state index is 0.0635. The number of nitrogens with zero attached hydrogens (tertiary/aromatic N) is 3. The van der Waals surface area contributed by atoms with Crippen molar-refractivity contribution >= 4 is 22.6 Å². The fraction of sp³-hybridized carbons (Fsp3) is 0.167. The second-order valence-corrected chi connectivity index (χ2v) is 6.95. The molecule has 0 unspecified atom stereocenters. The first kappa shape index (κ1) is 15.0. The molecule has 6 heteroatoms. The van der Waals surface area contributed by atoms with Gasteiger partial charge in [0.15, 0.2) is 5.82 Å². The van der Waals surface area contributed by atoms with E-state index < -0.39 is 0 Å². The van der Waals surface area contributed by atoms with Crippen molar-refractivity contribution in [1.82, 2.24) is 14.8 Å². The van der Waals surface area contributed by atoms with Crippen molar-refractivity contribution in [1.29, 1.82) is 0 Å². The zero-order valence-corrected chi connectivity index (χ0v) is 14.0. The Labute approximate surface area is 143 Å². The summed E-state index contributed by atoms with van der Waals surface area (Å²) >= 11 is 1.59. The molecule has 3 heterocycles. The zero-order chi connectivity index (χ0) is 16.5. The molecule has 0 spiro atoms. The molecule has 0 amide bonds. The highest BCUT2D eigenvalue weighted by Crippen LogP contribution is 2.44. The fourth-order valence-corrected chi connectivity index (χ4v) is 3.94. The number of aliphatic imine (C=N–C) groups is 1. The molecule has 0 radical (unpaired) electrons. The van der Waals surface area contributed by atoms with Crippen LogP contribution in [-0.4, -0.2) is 19.8 Å². The third kappa shape index (κ3) is 2.69. The van der Waals surface area contributed by atoms with Crippen LogP contribution in [0.3, 0.4) is 0 Å². The molecule has 1 N–H and O–H groups in total. The van der Waals surface area contributed by atoms with E-state index in [0.717, 1.165) is 22.0 Å². The maximum Gasteiger partial charge on any atom is 0.252 e. The van der Waals surface area contributed by atoms with E-state index in [-0.39, 0.29) is 10.8 Å². The van der Waals surface area contributed by atoms with Crippen molar-refractivity contribution in [2.24, 2.45) is 4.99 Å². The summed E-state index contributed by atoms with van der Waals surface area (Å²) in [5.41, 5.74) is 2.82. The number of rotatable bonds is 3. The van der Waals surface area contributed by atoms with Crippen LogP contribution in [-0.2, 0) is 6.54 Å². The van der Waals surface area contributed by atoms with Gasteiger partial charge in [0.05, 0.1) is 23.0 Å². The van der Waals surface area contributed by atoms with Gasteiger partial charge in [0.25, 0.3) is 5.56 Å². The zero-order valence-electron chi connectivity index (χ0n) is 13.1. The molecule has 120 valence electrons. The number of hydrogen-bond donors (Lipinski definition) is 1. The van der Waals surface area contributed by atoms with Crippen LogP contribution in [0.25, 0.3) is 0 Å². The maximum atomic E-state index is 12.2. The van der Waals surface area contributed by atoms with E-state index in [1.807, 2.05) is 48.1 Å². The van der Waals surface area contributed by atoms with E-state index in [4.69, 9.17) is 0 Å². The highest BCUT2D eigenvalue weighted by molar-refractivity contribution is 8.14. The lowest BCUT2D eigenvalue weighted by molar-refractivity contribution is 0.690. The molecule has 1 aliphatic rings. The Kier molecular flexibility index (Phi) is 3.82. The van der Waals surface area contributed by atoms with Crippen LogP contribution >= 0.6 is 11.8 Å². The lowest BCUT2D eigenvalue weighted by Crippen LogP contribution is -2.17. The van der Waals surface area contributed by atoms with Crippen LogP contribution in [0.4, 0.5) is 5.82 Å². The van der Waals surface area contributed by atoms with Gasteiger partial charge >= 0.3 is 0 Å². The first-order chi connectivity index (χ1) is 11.7. The van der Waals surface area contributed by atoms with Gasteiger partial charge in [-0.25, -0.2) is 9.67 Å². The SMILES string of the molecule is CC1=Nc2c(cnn2Cc2ccccc2)[C@H](c2ccc[nH]c2=O)S1. The smallest absolute Gasteiger partial charge is 0.252 e. The van der Waals surface area contributed by atoms with Gasteiger partial charge in [0.2, 0.25) is 0 Å². The number of benzene rings is 1. The van der Waals surface area contributed by atoms with E-state index in [2.05, 4.69) is 27.2 Å². The van der Waals surface area contributed by atoms with Gasteiger partial charge < -0.3 is 4.98 Å². The molecule has 1 aliphatic heterocycles. The van der Waals surface area contributed by atoms with Crippen LogP contribution in [0, 0.1) is 0 Å². The summed E-state index contributed by atoms with van der Waals surface area (Å²) in [7, 11) is 0. The average molecular weight is 336 g/mol. The minimum atomic E-state index is -0.0769. The highest BCUT2D eigenvalue weighted by Gasteiger charge is 2.28. The number of aromatic nitrogens is 3. The Morgan fingerprint density at radius 1 is 1.17 bits per heavy atom. The quantitative estimate of drug-likeness (QED) is 0.796. The molecule has 1 atom stereocenters. The molecular weight excluding hydrogens is 320 g/mol. The van der Waals surface area contributed by atoms with Gasteiger partial charge in [-0.2, -0.15) is 5.10 Å². The summed E-state index contributed by atoms with van der Waals surface area (Å²) < 4.78 is 1.90. The van der Waals surface area contributed by atoms with Crippen molar-refractivity contribution in [2.75, 3.05) is 0 Å². The summed E-state index contributed by atoms with van der Waals surface area (Å²) in [6, 6.07) is 13.9. The third-order valence-electron chi connectivity index (χ3n) is 3.98. The van der Waals surface area contributed by atoms with Gasteiger partial charge in [-0.05, 0) is 18.6 Å². The molecule has 24 heavy (non-hydrogen) atoms. The van der Waals surface area contributed by atoms with Crippen molar-refractivity contribution in [2.45, 2.75) is 18.7 Å². The maximum absolute atomic E-state index is 12.2. The highest BCUT2D eigenvalue weighted by atomic mass is 32.2. The van der Waals surface area contributed by atoms with Crippen molar-refractivity contribution in [3.8, 4) is 0 Å². The molecule has 0 saturated heterocycles. The number of H-pyrrole nitrogens is 1. The van der Waals surface area contributed by atoms with Crippen LogP contribution < -0.4 is 5.56 Å². The number of nitrogens with one attached hydrogen (secondary N) is 1. The van der Waals surface area contributed by atoms with E-state index in [1.54, 1.807) is 18.0 Å². The molecule has 4 rings (SSSR count). The lowest BCUT2D eigenvalue weighted by Gasteiger charge is -2.20. The molecule has 1 aromatic carbocycles. The van der Waals surface area contributed by atoms with Gasteiger partial charge in [0, 0.05) is 17.3 Å². The minimum Gasteiger partial charge on any atom is -0.329 e. The standard InChI is InChI=1S/C18H16N4OS/c1-12-21-17-15(16(24-12)14-8-5-9-19-18(14)23)10-20-22(17)11-13-6-3-2-4-7-13/h2-10,16H,11H2,1H3,(H,19,23)/t16-/m0/s1. The van der Waals surface area contributed by atoms with Gasteiger partial charge in [-0.1, -0.05) is 48.2 Å². The number of pyridine rings is 1. The Bertz CT molecular complexity index is 958. The summed E-state index contributed by atoms with van der Waals surface area (Å²) in [4.78, 5) is 19.6. The fourth-order valence-electron chi connectivity index (χ4n) is 2.85.